The van der Waals surface area contributed by atoms with Gasteiger partial charge in [-0.2, -0.15) is 5.10 Å². The molecule has 3 heterocycles. The minimum atomic E-state index is -0.329. The predicted molar refractivity (Wildman–Crippen MR) is 88.0 cm³/mol. The third-order valence-electron chi connectivity index (χ3n) is 4.85. The van der Waals surface area contributed by atoms with Crippen LogP contribution >= 0.6 is 0 Å². The molecule has 0 saturated carbocycles. The Labute approximate surface area is 140 Å². The second kappa shape index (κ2) is 6.53. The average molecular weight is 330 g/mol. The van der Waals surface area contributed by atoms with Gasteiger partial charge in [0.2, 0.25) is 0 Å². The van der Waals surface area contributed by atoms with E-state index in [0.717, 1.165) is 61.9 Å². The zero-order valence-electron chi connectivity index (χ0n) is 13.9. The van der Waals surface area contributed by atoms with E-state index in [1.807, 2.05) is 16.8 Å². The first kappa shape index (κ1) is 15.6. The molecule has 2 fully saturated rings. The van der Waals surface area contributed by atoms with Gasteiger partial charge < -0.3 is 14.2 Å². The number of methoxy groups -OCH3 is 1. The number of carbonyl (C=O) groups is 1. The predicted octanol–water partition coefficient (Wildman–Crippen LogP) is 2.85. The maximum absolute atomic E-state index is 11.9. The molecule has 2 saturated heterocycles. The number of aromatic nitrogens is 2. The number of rotatable bonds is 4. The van der Waals surface area contributed by atoms with E-state index in [2.05, 4.69) is 0 Å². The maximum atomic E-state index is 11.9. The van der Waals surface area contributed by atoms with Gasteiger partial charge in [0, 0.05) is 25.0 Å². The third kappa shape index (κ3) is 2.80. The number of esters is 1. The van der Waals surface area contributed by atoms with Crippen LogP contribution in [0.2, 0.25) is 0 Å². The van der Waals surface area contributed by atoms with Crippen LogP contribution in [0.4, 0.5) is 0 Å². The lowest BCUT2D eigenvalue weighted by molar-refractivity contribution is -0.0509. The van der Waals surface area contributed by atoms with Gasteiger partial charge in [0.05, 0.1) is 30.0 Å². The molecule has 24 heavy (non-hydrogen) atoms. The van der Waals surface area contributed by atoms with Crippen LogP contribution in [0, 0.1) is 0 Å². The number of hydrogen-bond donors (Lipinski definition) is 0. The van der Waals surface area contributed by atoms with Crippen LogP contribution in [0.15, 0.2) is 18.2 Å². The van der Waals surface area contributed by atoms with Crippen molar-refractivity contribution >= 4 is 16.9 Å². The van der Waals surface area contributed by atoms with E-state index in [9.17, 15) is 4.79 Å². The van der Waals surface area contributed by atoms with E-state index >= 15 is 0 Å². The number of ether oxygens (including phenoxy) is 3. The highest BCUT2D eigenvalue weighted by Gasteiger charge is 2.25. The van der Waals surface area contributed by atoms with Crippen molar-refractivity contribution in [3.05, 3.63) is 29.5 Å². The SMILES string of the molecule is COC(=O)c1ccc2c(c1)c(CC1CCO1)nn2C1CCCCO1. The summed E-state index contributed by atoms with van der Waals surface area (Å²) in [6.07, 6.45) is 5.24. The largest absolute Gasteiger partial charge is 0.465 e. The molecule has 0 spiro atoms. The number of benzene rings is 1. The molecule has 0 N–H and O–H groups in total. The highest BCUT2D eigenvalue weighted by molar-refractivity contribution is 5.95. The Balaban J connectivity index is 1.76. The van der Waals surface area contributed by atoms with Crippen LogP contribution in [0.25, 0.3) is 10.9 Å². The zero-order chi connectivity index (χ0) is 16.5. The Morgan fingerprint density at radius 1 is 1.29 bits per heavy atom. The minimum Gasteiger partial charge on any atom is -0.465 e. The van der Waals surface area contributed by atoms with Crippen LogP contribution in [0.1, 0.15) is 48.0 Å². The molecule has 2 aromatic rings. The second-order valence-corrected chi connectivity index (χ2v) is 6.42. The van der Waals surface area contributed by atoms with Crippen LogP contribution < -0.4 is 0 Å². The first-order chi connectivity index (χ1) is 11.8. The standard InChI is InChI=1S/C18H22N2O4/c1-22-18(21)12-5-6-16-14(10-12)15(11-13-7-9-23-13)19-20(16)17-4-2-3-8-24-17/h5-6,10,13,17H,2-4,7-9,11H2,1H3. The molecule has 4 rings (SSSR count). The summed E-state index contributed by atoms with van der Waals surface area (Å²) in [6, 6.07) is 5.61. The fraction of sp³-hybridized carbons (Fsp3) is 0.556. The summed E-state index contributed by atoms with van der Waals surface area (Å²) in [4.78, 5) is 11.9. The number of fused-ring (bicyclic) bond motifs is 1. The first-order valence-electron chi connectivity index (χ1n) is 8.59. The monoisotopic (exact) mass is 330 g/mol. The molecule has 6 heteroatoms. The summed E-state index contributed by atoms with van der Waals surface area (Å²) in [5.74, 6) is -0.329. The Hall–Kier alpha value is -1.92. The van der Waals surface area contributed by atoms with Gasteiger partial charge in [-0.3, -0.25) is 0 Å². The fourth-order valence-corrected chi connectivity index (χ4v) is 3.40. The lowest BCUT2D eigenvalue weighted by atomic mass is 10.0. The fourth-order valence-electron chi connectivity index (χ4n) is 3.40. The van der Waals surface area contributed by atoms with E-state index in [1.165, 1.54) is 7.11 Å². The quantitative estimate of drug-likeness (QED) is 0.807. The highest BCUT2D eigenvalue weighted by atomic mass is 16.5. The Morgan fingerprint density at radius 3 is 2.83 bits per heavy atom. The molecule has 0 radical (unpaired) electrons. The van der Waals surface area contributed by atoms with Crippen molar-refractivity contribution in [3.63, 3.8) is 0 Å². The van der Waals surface area contributed by atoms with Crippen molar-refractivity contribution in [1.29, 1.82) is 0 Å². The highest BCUT2D eigenvalue weighted by Crippen LogP contribution is 2.30. The molecule has 0 aliphatic carbocycles. The van der Waals surface area contributed by atoms with Crippen molar-refractivity contribution < 1.29 is 19.0 Å². The van der Waals surface area contributed by atoms with Crippen LogP contribution in [-0.2, 0) is 20.6 Å². The summed E-state index contributed by atoms with van der Waals surface area (Å²) in [5, 5.41) is 5.81. The molecule has 1 aromatic carbocycles. The smallest absolute Gasteiger partial charge is 0.337 e. The van der Waals surface area contributed by atoms with Crippen molar-refractivity contribution in [3.8, 4) is 0 Å². The summed E-state index contributed by atoms with van der Waals surface area (Å²) < 4.78 is 18.3. The van der Waals surface area contributed by atoms with Gasteiger partial charge in [0.1, 0.15) is 0 Å². The molecular weight excluding hydrogens is 308 g/mol. The number of carbonyl (C=O) groups excluding carboxylic acids is 1. The van der Waals surface area contributed by atoms with E-state index in [-0.39, 0.29) is 18.3 Å². The molecule has 0 amide bonds. The van der Waals surface area contributed by atoms with Gasteiger partial charge in [0.25, 0.3) is 0 Å². The van der Waals surface area contributed by atoms with E-state index in [0.29, 0.717) is 5.56 Å². The second-order valence-electron chi connectivity index (χ2n) is 6.42. The summed E-state index contributed by atoms with van der Waals surface area (Å²) >= 11 is 0. The first-order valence-corrected chi connectivity index (χ1v) is 8.59. The lowest BCUT2D eigenvalue weighted by Gasteiger charge is -2.25. The molecule has 6 nitrogen and oxygen atoms in total. The maximum Gasteiger partial charge on any atom is 0.337 e. The summed E-state index contributed by atoms with van der Waals surface area (Å²) in [7, 11) is 1.40. The third-order valence-corrected chi connectivity index (χ3v) is 4.85. The van der Waals surface area contributed by atoms with Gasteiger partial charge in [-0.25, -0.2) is 9.48 Å². The van der Waals surface area contributed by atoms with Crippen LogP contribution in [0.5, 0.6) is 0 Å². The van der Waals surface area contributed by atoms with Crippen LogP contribution in [0.3, 0.4) is 0 Å². The van der Waals surface area contributed by atoms with Gasteiger partial charge in [0.15, 0.2) is 6.23 Å². The lowest BCUT2D eigenvalue weighted by Crippen LogP contribution is -2.29. The van der Waals surface area contributed by atoms with Crippen molar-refractivity contribution in [2.75, 3.05) is 20.3 Å². The van der Waals surface area contributed by atoms with Crippen molar-refractivity contribution in [2.24, 2.45) is 0 Å². The number of hydrogen-bond acceptors (Lipinski definition) is 5. The molecular formula is C18H22N2O4. The summed E-state index contributed by atoms with van der Waals surface area (Å²) in [6.45, 7) is 1.59. The molecule has 128 valence electrons. The van der Waals surface area contributed by atoms with Crippen molar-refractivity contribution in [1.82, 2.24) is 9.78 Å². The molecule has 2 unspecified atom stereocenters. The van der Waals surface area contributed by atoms with Gasteiger partial charge in [-0.15, -0.1) is 0 Å². The normalized spacial score (nSPS) is 23.9. The topological polar surface area (TPSA) is 62.6 Å². The minimum absolute atomic E-state index is 0.0266. The molecule has 1 aromatic heterocycles. The Morgan fingerprint density at radius 2 is 2.17 bits per heavy atom. The molecule has 2 aliphatic rings. The number of nitrogens with zero attached hydrogens (tertiary/aromatic N) is 2. The molecule has 2 atom stereocenters. The average Bonchev–Trinajstić information content (AvgIpc) is 2.96. The Bertz CT molecular complexity index is 745. The molecule has 0 bridgehead atoms. The van der Waals surface area contributed by atoms with Gasteiger partial charge in [-0.05, 0) is 43.9 Å². The van der Waals surface area contributed by atoms with Crippen LogP contribution in [-0.4, -0.2) is 42.2 Å². The van der Waals surface area contributed by atoms with E-state index in [1.54, 1.807) is 6.07 Å². The van der Waals surface area contributed by atoms with E-state index < -0.39 is 0 Å². The summed E-state index contributed by atoms with van der Waals surface area (Å²) in [5.41, 5.74) is 2.52. The van der Waals surface area contributed by atoms with Gasteiger partial charge in [-0.1, -0.05) is 0 Å². The zero-order valence-corrected chi connectivity index (χ0v) is 13.9. The van der Waals surface area contributed by atoms with E-state index in [4.69, 9.17) is 19.3 Å². The molecule has 2 aliphatic heterocycles. The van der Waals surface area contributed by atoms with Gasteiger partial charge >= 0.3 is 5.97 Å². The Kier molecular flexibility index (Phi) is 4.24. The van der Waals surface area contributed by atoms with Crippen molar-refractivity contribution in [2.45, 2.75) is 44.4 Å².